The van der Waals surface area contributed by atoms with Gasteiger partial charge in [0.1, 0.15) is 12.4 Å². The fourth-order valence-corrected chi connectivity index (χ4v) is 1.60. The van der Waals surface area contributed by atoms with Crippen molar-refractivity contribution in [2.24, 2.45) is 4.99 Å². The highest BCUT2D eigenvalue weighted by atomic mass is 32.1. The maximum absolute atomic E-state index is 5.54. The number of rotatable bonds is 4. The molecule has 0 saturated heterocycles. The third-order valence-corrected chi connectivity index (χ3v) is 2.39. The van der Waals surface area contributed by atoms with Crippen LogP contribution < -0.4 is 4.74 Å². The van der Waals surface area contributed by atoms with Crippen LogP contribution in [0.5, 0.6) is 5.75 Å². The molecule has 0 aliphatic rings. The largest absolute Gasteiger partial charge is 0.492 e. The second kappa shape index (κ2) is 5.40. The number of thiocarbonyl (C=S) groups is 1. The van der Waals surface area contributed by atoms with Crippen LogP contribution in [0.4, 0.5) is 0 Å². The number of ether oxygens (including phenoxy) is 1. The standard InChI is InChI=1S/C13H11NOS/c16-10-14-7-8-15-13-6-5-11-3-1-2-4-12(11)9-13/h1-6,9H,7-8H2. The normalized spacial score (nSPS) is 9.75. The van der Waals surface area contributed by atoms with E-state index in [-0.39, 0.29) is 0 Å². The van der Waals surface area contributed by atoms with Crippen molar-refractivity contribution in [1.82, 2.24) is 0 Å². The van der Waals surface area contributed by atoms with Gasteiger partial charge in [-0.25, -0.2) is 4.99 Å². The highest BCUT2D eigenvalue weighted by Crippen LogP contribution is 2.20. The van der Waals surface area contributed by atoms with Gasteiger partial charge in [0.15, 0.2) is 0 Å². The van der Waals surface area contributed by atoms with Gasteiger partial charge in [-0.3, -0.25) is 0 Å². The maximum atomic E-state index is 5.54. The topological polar surface area (TPSA) is 21.6 Å². The lowest BCUT2D eigenvalue weighted by molar-refractivity contribution is 0.329. The molecule has 0 bridgehead atoms. The number of fused-ring (bicyclic) bond motifs is 1. The number of isothiocyanates is 1. The monoisotopic (exact) mass is 229 g/mol. The SMILES string of the molecule is S=C=NCCOc1ccc2ccccc2c1. The first-order chi connectivity index (χ1) is 7.90. The van der Waals surface area contributed by atoms with Gasteiger partial charge in [-0.15, -0.1) is 0 Å². The smallest absolute Gasteiger partial charge is 0.120 e. The summed E-state index contributed by atoms with van der Waals surface area (Å²) in [5.41, 5.74) is 0. The van der Waals surface area contributed by atoms with Crippen LogP contribution in [0.1, 0.15) is 0 Å². The minimum absolute atomic E-state index is 0.530. The van der Waals surface area contributed by atoms with E-state index in [0.29, 0.717) is 13.2 Å². The number of hydrogen-bond acceptors (Lipinski definition) is 3. The Hall–Kier alpha value is -1.70. The summed E-state index contributed by atoms with van der Waals surface area (Å²) in [5.74, 6) is 0.860. The molecule has 0 fully saturated rings. The summed E-state index contributed by atoms with van der Waals surface area (Å²) in [6.45, 7) is 1.08. The maximum Gasteiger partial charge on any atom is 0.120 e. The van der Waals surface area contributed by atoms with Crippen molar-refractivity contribution in [3.8, 4) is 5.75 Å². The summed E-state index contributed by atoms with van der Waals surface area (Å²) in [4.78, 5) is 3.79. The molecule has 0 heterocycles. The van der Waals surface area contributed by atoms with Gasteiger partial charge < -0.3 is 4.74 Å². The van der Waals surface area contributed by atoms with Crippen LogP contribution in [0.25, 0.3) is 10.8 Å². The van der Waals surface area contributed by atoms with E-state index < -0.39 is 0 Å². The van der Waals surface area contributed by atoms with Gasteiger partial charge in [0, 0.05) is 0 Å². The molecular formula is C13H11NOS. The minimum atomic E-state index is 0.530. The lowest BCUT2D eigenvalue weighted by atomic mass is 10.1. The molecule has 0 spiro atoms. The first-order valence-corrected chi connectivity index (χ1v) is 5.46. The second-order valence-corrected chi connectivity index (χ2v) is 3.51. The quantitative estimate of drug-likeness (QED) is 0.455. The average molecular weight is 229 g/mol. The van der Waals surface area contributed by atoms with E-state index in [1.807, 2.05) is 30.3 Å². The highest BCUT2D eigenvalue weighted by Gasteiger charge is 1.96. The first kappa shape index (κ1) is 10.8. The van der Waals surface area contributed by atoms with Crippen LogP contribution in [-0.2, 0) is 0 Å². The molecule has 0 saturated carbocycles. The second-order valence-electron chi connectivity index (χ2n) is 3.33. The average Bonchev–Trinajstić information content (AvgIpc) is 2.34. The third kappa shape index (κ3) is 2.66. The van der Waals surface area contributed by atoms with E-state index in [0.717, 1.165) is 5.75 Å². The van der Waals surface area contributed by atoms with Crippen LogP contribution in [0.3, 0.4) is 0 Å². The zero-order valence-electron chi connectivity index (χ0n) is 8.72. The van der Waals surface area contributed by atoms with Crippen molar-refractivity contribution in [3.63, 3.8) is 0 Å². The zero-order valence-corrected chi connectivity index (χ0v) is 9.54. The number of benzene rings is 2. The van der Waals surface area contributed by atoms with E-state index in [1.54, 1.807) is 0 Å². The van der Waals surface area contributed by atoms with Crippen molar-refractivity contribution >= 4 is 28.2 Å². The molecule has 3 heteroatoms. The van der Waals surface area contributed by atoms with E-state index in [9.17, 15) is 0 Å². The lowest BCUT2D eigenvalue weighted by Crippen LogP contribution is -2.00. The van der Waals surface area contributed by atoms with Crippen molar-refractivity contribution in [2.75, 3.05) is 13.2 Å². The summed E-state index contributed by atoms with van der Waals surface area (Å²) in [7, 11) is 0. The predicted molar refractivity (Wildman–Crippen MR) is 69.3 cm³/mol. The number of hydrogen-bond donors (Lipinski definition) is 0. The van der Waals surface area contributed by atoms with Gasteiger partial charge in [-0.05, 0) is 35.1 Å². The Morgan fingerprint density at radius 2 is 1.94 bits per heavy atom. The van der Waals surface area contributed by atoms with Gasteiger partial charge in [0.25, 0.3) is 0 Å². The molecule has 80 valence electrons. The van der Waals surface area contributed by atoms with Crippen molar-refractivity contribution in [1.29, 1.82) is 0 Å². The van der Waals surface area contributed by atoms with Gasteiger partial charge in [-0.1, -0.05) is 30.3 Å². The Morgan fingerprint density at radius 3 is 2.75 bits per heavy atom. The molecular weight excluding hydrogens is 218 g/mol. The Bertz CT molecular complexity index is 532. The minimum Gasteiger partial charge on any atom is -0.492 e. The molecule has 2 rings (SSSR count). The third-order valence-electron chi connectivity index (χ3n) is 2.26. The van der Waals surface area contributed by atoms with E-state index in [2.05, 4.69) is 34.5 Å². The van der Waals surface area contributed by atoms with Crippen molar-refractivity contribution in [2.45, 2.75) is 0 Å². The highest BCUT2D eigenvalue weighted by molar-refractivity contribution is 7.78. The Morgan fingerprint density at radius 1 is 1.12 bits per heavy atom. The fraction of sp³-hybridized carbons (Fsp3) is 0.154. The van der Waals surface area contributed by atoms with E-state index in [1.165, 1.54) is 10.8 Å². The zero-order chi connectivity index (χ0) is 11.2. The van der Waals surface area contributed by atoms with Crippen LogP contribution in [0.2, 0.25) is 0 Å². The van der Waals surface area contributed by atoms with Crippen LogP contribution in [-0.4, -0.2) is 18.3 Å². The molecule has 0 aromatic heterocycles. The molecule has 2 aromatic carbocycles. The molecule has 0 N–H and O–H groups in total. The Kier molecular flexibility index (Phi) is 3.65. The molecule has 2 nitrogen and oxygen atoms in total. The molecule has 0 aliphatic carbocycles. The Labute approximate surface area is 99.6 Å². The fourth-order valence-electron chi connectivity index (χ4n) is 1.51. The molecule has 0 aliphatic heterocycles. The van der Waals surface area contributed by atoms with Gasteiger partial charge in [0.05, 0.1) is 11.7 Å². The summed E-state index contributed by atoms with van der Waals surface area (Å²) in [5, 5.41) is 4.71. The number of aliphatic imine (C=N–C) groups is 1. The summed E-state index contributed by atoms with van der Waals surface area (Å²) in [6.07, 6.45) is 0. The van der Waals surface area contributed by atoms with Gasteiger partial charge in [-0.2, -0.15) is 0 Å². The molecule has 0 radical (unpaired) electrons. The molecule has 0 atom stereocenters. The van der Waals surface area contributed by atoms with Crippen LogP contribution in [0, 0.1) is 0 Å². The summed E-state index contributed by atoms with van der Waals surface area (Å²) < 4.78 is 5.54. The number of nitrogens with zero attached hydrogens (tertiary/aromatic N) is 1. The Balaban J connectivity index is 2.10. The molecule has 16 heavy (non-hydrogen) atoms. The molecule has 0 amide bonds. The summed E-state index contributed by atoms with van der Waals surface area (Å²) in [6, 6.07) is 14.2. The molecule has 2 aromatic rings. The molecule has 0 unspecified atom stereocenters. The van der Waals surface area contributed by atoms with Crippen molar-refractivity contribution < 1.29 is 4.74 Å². The summed E-state index contributed by atoms with van der Waals surface area (Å²) >= 11 is 4.47. The van der Waals surface area contributed by atoms with Crippen LogP contribution >= 0.6 is 12.2 Å². The van der Waals surface area contributed by atoms with Gasteiger partial charge in [0.2, 0.25) is 0 Å². The first-order valence-electron chi connectivity index (χ1n) is 5.05. The van der Waals surface area contributed by atoms with E-state index in [4.69, 9.17) is 4.74 Å². The predicted octanol–water partition coefficient (Wildman–Crippen LogP) is 3.32. The van der Waals surface area contributed by atoms with Crippen LogP contribution in [0.15, 0.2) is 47.5 Å². The lowest BCUT2D eigenvalue weighted by Gasteiger charge is -2.05. The van der Waals surface area contributed by atoms with Gasteiger partial charge >= 0.3 is 0 Å². The van der Waals surface area contributed by atoms with E-state index >= 15 is 0 Å². The van der Waals surface area contributed by atoms with Crippen molar-refractivity contribution in [3.05, 3.63) is 42.5 Å².